The summed E-state index contributed by atoms with van der Waals surface area (Å²) in [6.45, 7) is 1.72. The van der Waals surface area contributed by atoms with E-state index in [-0.39, 0.29) is 0 Å². The number of aromatic nitrogens is 2. The van der Waals surface area contributed by atoms with Gasteiger partial charge in [0.25, 0.3) is 0 Å². The third kappa shape index (κ3) is 1.80. The van der Waals surface area contributed by atoms with E-state index < -0.39 is 0 Å². The van der Waals surface area contributed by atoms with Crippen molar-refractivity contribution in [1.82, 2.24) is 14.9 Å². The van der Waals surface area contributed by atoms with Crippen LogP contribution in [0.4, 0.5) is 0 Å². The Labute approximate surface area is 84.5 Å². The molecule has 3 nitrogen and oxygen atoms in total. The summed E-state index contributed by atoms with van der Waals surface area (Å²) < 4.78 is 2.04. The first-order valence-electron chi connectivity index (χ1n) is 5.08. The minimum absolute atomic E-state index is 0.444. The van der Waals surface area contributed by atoms with Gasteiger partial charge >= 0.3 is 0 Å². The van der Waals surface area contributed by atoms with Crippen LogP contribution < -0.4 is 5.32 Å². The van der Waals surface area contributed by atoms with Crippen LogP contribution in [0.15, 0.2) is 12.5 Å². The molecule has 1 aromatic heterocycles. The van der Waals surface area contributed by atoms with Gasteiger partial charge in [0.2, 0.25) is 0 Å². The molecule has 1 unspecified atom stereocenters. The first-order valence-corrected chi connectivity index (χ1v) is 5.08. The molecule has 0 amide bonds. The first-order chi connectivity index (χ1) is 6.92. The molecule has 0 radical (unpaired) electrons. The lowest BCUT2D eigenvalue weighted by Crippen LogP contribution is -2.28. The number of nitrogens with one attached hydrogen (secondary N) is 1. The van der Waals surface area contributed by atoms with Crippen molar-refractivity contribution in [2.24, 2.45) is 0 Å². The molecular weight excluding hydrogens is 174 g/mol. The van der Waals surface area contributed by atoms with Gasteiger partial charge < -0.3 is 9.88 Å². The van der Waals surface area contributed by atoms with Crippen LogP contribution in [0.1, 0.15) is 31.0 Å². The minimum atomic E-state index is 0.444. The standard InChI is InChI=1S/C11H15N3/c1-2-7-14-9-12-8-11(14)10-5-3-4-6-13-10/h1,8-10,13H,3-7H2. The number of hydrogen-bond acceptors (Lipinski definition) is 2. The Balaban J connectivity index is 2.13. The summed E-state index contributed by atoms with van der Waals surface area (Å²) in [7, 11) is 0. The molecule has 1 aliphatic heterocycles. The molecule has 74 valence electrons. The third-order valence-corrected chi connectivity index (χ3v) is 2.67. The number of imidazole rings is 1. The molecule has 1 N–H and O–H groups in total. The molecule has 0 aliphatic carbocycles. The van der Waals surface area contributed by atoms with E-state index in [0.717, 1.165) is 6.54 Å². The minimum Gasteiger partial charge on any atom is -0.321 e. The molecule has 0 spiro atoms. The van der Waals surface area contributed by atoms with Crippen LogP contribution in [0.5, 0.6) is 0 Å². The molecule has 3 heteroatoms. The zero-order valence-electron chi connectivity index (χ0n) is 8.24. The lowest BCUT2D eigenvalue weighted by molar-refractivity contribution is 0.396. The van der Waals surface area contributed by atoms with Crippen LogP contribution in [0.2, 0.25) is 0 Å². The van der Waals surface area contributed by atoms with Crippen molar-refractivity contribution in [3.63, 3.8) is 0 Å². The number of rotatable bonds is 2. The molecule has 14 heavy (non-hydrogen) atoms. The summed E-state index contributed by atoms with van der Waals surface area (Å²) in [5.74, 6) is 2.64. The van der Waals surface area contributed by atoms with E-state index in [2.05, 4.69) is 16.2 Å². The van der Waals surface area contributed by atoms with Crippen molar-refractivity contribution in [1.29, 1.82) is 0 Å². The maximum absolute atomic E-state index is 5.30. The highest BCUT2D eigenvalue weighted by molar-refractivity contribution is 5.08. The highest BCUT2D eigenvalue weighted by atomic mass is 15.1. The summed E-state index contributed by atoms with van der Waals surface area (Å²) in [5.41, 5.74) is 1.22. The average molecular weight is 189 g/mol. The highest BCUT2D eigenvalue weighted by Gasteiger charge is 2.17. The molecule has 0 saturated carbocycles. The molecule has 1 fully saturated rings. The van der Waals surface area contributed by atoms with Gasteiger partial charge in [0, 0.05) is 12.2 Å². The van der Waals surface area contributed by atoms with Gasteiger partial charge in [0.05, 0.1) is 18.6 Å². The van der Waals surface area contributed by atoms with Gasteiger partial charge in [-0.05, 0) is 19.4 Å². The van der Waals surface area contributed by atoms with Gasteiger partial charge in [-0.15, -0.1) is 6.42 Å². The summed E-state index contributed by atoms with van der Waals surface area (Å²) in [4.78, 5) is 4.14. The van der Waals surface area contributed by atoms with E-state index in [9.17, 15) is 0 Å². The fourth-order valence-corrected chi connectivity index (χ4v) is 1.96. The molecular formula is C11H15N3. The predicted octanol–water partition coefficient (Wildman–Crippen LogP) is 1.33. The lowest BCUT2D eigenvalue weighted by Gasteiger charge is -2.23. The zero-order chi connectivity index (χ0) is 9.80. The Morgan fingerprint density at radius 2 is 2.57 bits per heavy atom. The second-order valence-electron chi connectivity index (χ2n) is 3.65. The van der Waals surface area contributed by atoms with Gasteiger partial charge in [-0.1, -0.05) is 12.3 Å². The topological polar surface area (TPSA) is 29.9 Å². The third-order valence-electron chi connectivity index (χ3n) is 2.67. The highest BCUT2D eigenvalue weighted by Crippen LogP contribution is 2.22. The van der Waals surface area contributed by atoms with E-state index in [0.29, 0.717) is 12.6 Å². The first kappa shape index (κ1) is 9.29. The van der Waals surface area contributed by atoms with Crippen molar-refractivity contribution >= 4 is 0 Å². The maximum atomic E-state index is 5.30. The number of hydrogen-bond donors (Lipinski definition) is 1. The van der Waals surface area contributed by atoms with Gasteiger partial charge in [-0.2, -0.15) is 0 Å². The normalized spacial score (nSPS) is 21.8. The summed E-state index contributed by atoms with van der Waals surface area (Å²) in [6, 6.07) is 0.444. The monoisotopic (exact) mass is 189 g/mol. The van der Waals surface area contributed by atoms with Crippen molar-refractivity contribution in [3.05, 3.63) is 18.2 Å². The molecule has 0 bridgehead atoms. The van der Waals surface area contributed by atoms with Crippen molar-refractivity contribution in [3.8, 4) is 12.3 Å². The van der Waals surface area contributed by atoms with Crippen LogP contribution in [-0.4, -0.2) is 16.1 Å². The molecule has 2 rings (SSSR count). The van der Waals surface area contributed by atoms with Crippen LogP contribution >= 0.6 is 0 Å². The molecule has 1 aliphatic rings. The Bertz CT molecular complexity index is 329. The van der Waals surface area contributed by atoms with Crippen LogP contribution in [0.3, 0.4) is 0 Å². The number of terminal acetylenes is 1. The summed E-state index contributed by atoms with van der Waals surface area (Å²) >= 11 is 0. The van der Waals surface area contributed by atoms with Crippen LogP contribution in [0, 0.1) is 12.3 Å². The van der Waals surface area contributed by atoms with Crippen LogP contribution in [-0.2, 0) is 6.54 Å². The van der Waals surface area contributed by atoms with Crippen molar-refractivity contribution in [2.75, 3.05) is 6.54 Å². The molecule has 2 heterocycles. The smallest absolute Gasteiger partial charge is 0.0957 e. The number of piperidine rings is 1. The molecule has 1 atom stereocenters. The largest absolute Gasteiger partial charge is 0.321 e. The Morgan fingerprint density at radius 3 is 3.29 bits per heavy atom. The summed E-state index contributed by atoms with van der Waals surface area (Å²) in [6.07, 6.45) is 12.8. The Kier molecular flexibility index (Phi) is 2.85. The van der Waals surface area contributed by atoms with E-state index in [1.807, 2.05) is 17.1 Å². The lowest BCUT2D eigenvalue weighted by atomic mass is 10.0. The van der Waals surface area contributed by atoms with Gasteiger partial charge in [-0.25, -0.2) is 4.98 Å². The van der Waals surface area contributed by atoms with Gasteiger partial charge in [-0.3, -0.25) is 0 Å². The second kappa shape index (κ2) is 4.30. The fraction of sp³-hybridized carbons (Fsp3) is 0.545. The van der Waals surface area contributed by atoms with Crippen molar-refractivity contribution < 1.29 is 0 Å². The molecule has 1 saturated heterocycles. The van der Waals surface area contributed by atoms with Crippen molar-refractivity contribution in [2.45, 2.75) is 31.8 Å². The second-order valence-corrected chi connectivity index (χ2v) is 3.65. The maximum Gasteiger partial charge on any atom is 0.0957 e. The van der Waals surface area contributed by atoms with E-state index in [4.69, 9.17) is 6.42 Å². The molecule has 1 aromatic rings. The number of nitrogens with zero attached hydrogens (tertiary/aromatic N) is 2. The van der Waals surface area contributed by atoms with Crippen LogP contribution in [0.25, 0.3) is 0 Å². The quantitative estimate of drug-likeness (QED) is 0.711. The predicted molar refractivity (Wildman–Crippen MR) is 55.7 cm³/mol. The van der Waals surface area contributed by atoms with E-state index in [1.54, 1.807) is 0 Å². The van der Waals surface area contributed by atoms with Gasteiger partial charge in [0.1, 0.15) is 0 Å². The fourth-order valence-electron chi connectivity index (χ4n) is 1.96. The molecule has 0 aromatic carbocycles. The van der Waals surface area contributed by atoms with Gasteiger partial charge in [0.15, 0.2) is 0 Å². The average Bonchev–Trinajstić information content (AvgIpc) is 2.68. The Hall–Kier alpha value is -1.27. The van der Waals surface area contributed by atoms with E-state index in [1.165, 1.54) is 25.0 Å². The van der Waals surface area contributed by atoms with E-state index >= 15 is 0 Å². The summed E-state index contributed by atoms with van der Waals surface area (Å²) in [5, 5.41) is 3.49. The SMILES string of the molecule is C#CCn1cncc1C1CCCCN1. The Morgan fingerprint density at radius 1 is 1.64 bits per heavy atom. The zero-order valence-corrected chi connectivity index (χ0v) is 8.24.